The predicted octanol–water partition coefficient (Wildman–Crippen LogP) is 8.56. The second-order valence-electron chi connectivity index (χ2n) is 9.38. The van der Waals surface area contributed by atoms with Gasteiger partial charge in [-0.3, -0.25) is 4.79 Å². The molecular formula is C28H48O3S. The van der Waals surface area contributed by atoms with E-state index in [0.29, 0.717) is 16.7 Å². The minimum Gasteiger partial charge on any atom is -0.507 e. The molecule has 2 N–H and O–H groups in total. The van der Waals surface area contributed by atoms with Crippen molar-refractivity contribution >= 4 is 16.9 Å². The second kappa shape index (κ2) is 18.4. The number of carbonyl (C=O) groups is 1. The summed E-state index contributed by atoms with van der Waals surface area (Å²) in [5, 5.41) is 20.0. The Kier molecular flexibility index (Phi) is 16.7. The summed E-state index contributed by atoms with van der Waals surface area (Å²) in [5.41, 5.74) is 1.95. The molecule has 0 fully saturated rings. The van der Waals surface area contributed by atoms with Crippen LogP contribution >= 0.6 is 11.8 Å². The van der Waals surface area contributed by atoms with Gasteiger partial charge in [0.25, 0.3) is 0 Å². The number of thioether (sulfide) groups is 1. The number of aliphatic hydroxyl groups is 1. The maximum Gasteiger partial charge on any atom is 0.221 e. The van der Waals surface area contributed by atoms with Crippen LogP contribution in [-0.2, 0) is 4.79 Å². The van der Waals surface area contributed by atoms with Crippen LogP contribution in [0, 0.1) is 13.8 Å². The molecule has 184 valence electrons. The summed E-state index contributed by atoms with van der Waals surface area (Å²) in [6.45, 7) is 5.84. The van der Waals surface area contributed by atoms with E-state index in [1.54, 1.807) is 26.0 Å². The van der Waals surface area contributed by atoms with Crippen LogP contribution in [-0.4, -0.2) is 21.1 Å². The third-order valence-electron chi connectivity index (χ3n) is 6.29. The highest BCUT2D eigenvalue weighted by Gasteiger charge is 2.19. The minimum absolute atomic E-state index is 0.199. The van der Waals surface area contributed by atoms with Crippen molar-refractivity contribution in [2.24, 2.45) is 0 Å². The predicted molar refractivity (Wildman–Crippen MR) is 140 cm³/mol. The molecule has 1 atom stereocenters. The zero-order valence-electron chi connectivity index (χ0n) is 21.0. The summed E-state index contributed by atoms with van der Waals surface area (Å²) >= 11 is 1.23. The van der Waals surface area contributed by atoms with Crippen LogP contribution in [0.15, 0.2) is 12.1 Å². The fourth-order valence-electron chi connectivity index (χ4n) is 4.19. The van der Waals surface area contributed by atoms with Crippen LogP contribution < -0.4 is 0 Å². The first kappa shape index (κ1) is 29.0. The number of phenolic OH excluding ortho intramolecular Hbond substituents is 1. The maximum atomic E-state index is 12.3. The molecule has 4 heteroatoms. The number of phenols is 1. The van der Waals surface area contributed by atoms with Gasteiger partial charge >= 0.3 is 0 Å². The molecule has 0 heterocycles. The molecule has 0 bridgehead atoms. The van der Waals surface area contributed by atoms with Crippen LogP contribution in [0.25, 0.3) is 0 Å². The number of hydrogen-bond donors (Lipinski definition) is 2. The fourth-order valence-corrected chi connectivity index (χ4v) is 5.03. The molecule has 3 nitrogen and oxygen atoms in total. The van der Waals surface area contributed by atoms with Gasteiger partial charge in [-0.2, -0.15) is 0 Å². The SMILES string of the molecule is CCCCCCCCCCCCCCCCCCSC(=O)[C@@H](O)c1cc(C)c(O)c(C)c1. The first-order valence-electron chi connectivity index (χ1n) is 13.1. The van der Waals surface area contributed by atoms with Gasteiger partial charge < -0.3 is 10.2 Å². The van der Waals surface area contributed by atoms with E-state index < -0.39 is 6.10 Å². The van der Waals surface area contributed by atoms with Crippen molar-refractivity contribution in [3.05, 3.63) is 28.8 Å². The monoisotopic (exact) mass is 464 g/mol. The zero-order valence-corrected chi connectivity index (χ0v) is 21.8. The van der Waals surface area contributed by atoms with Gasteiger partial charge in [-0.1, -0.05) is 115 Å². The van der Waals surface area contributed by atoms with Gasteiger partial charge in [0.05, 0.1) is 0 Å². The number of unbranched alkanes of at least 4 members (excludes halogenated alkanes) is 15. The highest BCUT2D eigenvalue weighted by Crippen LogP contribution is 2.28. The second-order valence-corrected chi connectivity index (χ2v) is 10.5. The first-order chi connectivity index (χ1) is 15.5. The summed E-state index contributed by atoms with van der Waals surface area (Å²) < 4.78 is 0. The molecule has 0 spiro atoms. The number of carbonyl (C=O) groups excluding carboxylic acids is 1. The van der Waals surface area contributed by atoms with E-state index in [4.69, 9.17) is 0 Å². The van der Waals surface area contributed by atoms with E-state index in [2.05, 4.69) is 6.92 Å². The van der Waals surface area contributed by atoms with Gasteiger partial charge in [-0.25, -0.2) is 0 Å². The number of aromatic hydroxyl groups is 1. The molecule has 0 aliphatic rings. The maximum absolute atomic E-state index is 12.3. The van der Waals surface area contributed by atoms with Gasteiger partial charge in [0, 0.05) is 5.75 Å². The van der Waals surface area contributed by atoms with Gasteiger partial charge in [0.2, 0.25) is 5.12 Å². The number of rotatable bonds is 19. The van der Waals surface area contributed by atoms with Gasteiger partial charge in [0.1, 0.15) is 11.9 Å². The summed E-state index contributed by atoms with van der Waals surface area (Å²) in [6.07, 6.45) is 20.4. The van der Waals surface area contributed by atoms with Crippen molar-refractivity contribution in [2.75, 3.05) is 5.75 Å². The lowest BCUT2D eigenvalue weighted by Crippen LogP contribution is -2.09. The molecule has 0 radical (unpaired) electrons. The van der Waals surface area contributed by atoms with Gasteiger partial charge in [-0.15, -0.1) is 0 Å². The average molecular weight is 465 g/mol. The summed E-state index contributed by atoms with van der Waals surface area (Å²) in [7, 11) is 0. The summed E-state index contributed by atoms with van der Waals surface area (Å²) in [5.74, 6) is 0.999. The van der Waals surface area contributed by atoms with E-state index in [0.717, 1.165) is 18.6 Å². The molecule has 0 unspecified atom stereocenters. The number of hydrogen-bond acceptors (Lipinski definition) is 4. The topological polar surface area (TPSA) is 57.5 Å². The van der Waals surface area contributed by atoms with Crippen LogP contribution in [0.3, 0.4) is 0 Å². The van der Waals surface area contributed by atoms with Crippen LogP contribution in [0.4, 0.5) is 0 Å². The van der Waals surface area contributed by atoms with Crippen molar-refractivity contribution < 1.29 is 15.0 Å². The molecule has 0 saturated heterocycles. The molecule has 32 heavy (non-hydrogen) atoms. The van der Waals surface area contributed by atoms with Crippen LogP contribution in [0.5, 0.6) is 5.75 Å². The van der Waals surface area contributed by atoms with Gasteiger partial charge in [0.15, 0.2) is 0 Å². The van der Waals surface area contributed by atoms with Crippen molar-refractivity contribution in [3.8, 4) is 5.75 Å². The highest BCUT2D eigenvalue weighted by molar-refractivity contribution is 8.13. The zero-order chi connectivity index (χ0) is 23.6. The van der Waals surface area contributed by atoms with E-state index in [1.807, 2.05) is 0 Å². The Hall–Kier alpha value is -1.00. The Morgan fingerprint density at radius 3 is 1.53 bits per heavy atom. The van der Waals surface area contributed by atoms with E-state index in [9.17, 15) is 15.0 Å². The van der Waals surface area contributed by atoms with Crippen LogP contribution in [0.2, 0.25) is 0 Å². The van der Waals surface area contributed by atoms with Crippen LogP contribution in [0.1, 0.15) is 132 Å². The lowest BCUT2D eigenvalue weighted by molar-refractivity contribution is -0.118. The Labute approximate surface area is 201 Å². The largest absolute Gasteiger partial charge is 0.507 e. The van der Waals surface area contributed by atoms with Crippen molar-refractivity contribution in [1.29, 1.82) is 0 Å². The smallest absolute Gasteiger partial charge is 0.221 e. The Bertz CT molecular complexity index is 606. The first-order valence-corrected chi connectivity index (χ1v) is 14.1. The molecule has 1 aromatic rings. The molecular weight excluding hydrogens is 416 g/mol. The Morgan fingerprint density at radius 1 is 0.750 bits per heavy atom. The molecule has 0 aliphatic carbocycles. The highest BCUT2D eigenvalue weighted by atomic mass is 32.2. The molecule has 1 aromatic carbocycles. The summed E-state index contributed by atoms with van der Waals surface area (Å²) in [4.78, 5) is 12.3. The van der Waals surface area contributed by atoms with Crippen molar-refractivity contribution in [3.63, 3.8) is 0 Å². The number of aliphatic hydroxyl groups excluding tert-OH is 1. The third-order valence-corrected chi connectivity index (χ3v) is 7.30. The van der Waals surface area contributed by atoms with Crippen molar-refractivity contribution in [1.82, 2.24) is 0 Å². The number of benzene rings is 1. The van der Waals surface area contributed by atoms with Crippen molar-refractivity contribution in [2.45, 2.75) is 130 Å². The molecule has 1 rings (SSSR count). The quantitative estimate of drug-likeness (QED) is 0.201. The normalized spacial score (nSPS) is 12.2. The summed E-state index contributed by atoms with van der Waals surface area (Å²) in [6, 6.07) is 3.39. The Balaban J connectivity index is 1.94. The number of aryl methyl sites for hydroxylation is 2. The fraction of sp³-hybridized carbons (Fsp3) is 0.750. The third kappa shape index (κ3) is 12.9. The standard InChI is InChI=1S/C28H48O3S/c1-4-5-6-7-8-9-10-11-12-13-14-15-16-17-18-19-20-32-28(31)27(30)25-21-23(2)26(29)24(3)22-25/h21-22,27,29-30H,4-20H2,1-3H3/t27-/m0/s1. The average Bonchev–Trinajstić information content (AvgIpc) is 2.78. The molecule has 0 aromatic heterocycles. The van der Waals surface area contributed by atoms with E-state index in [-0.39, 0.29) is 10.9 Å². The Morgan fingerprint density at radius 2 is 1.12 bits per heavy atom. The lowest BCUT2D eigenvalue weighted by atomic mass is 10.0. The molecule has 0 saturated carbocycles. The van der Waals surface area contributed by atoms with E-state index in [1.165, 1.54) is 102 Å². The van der Waals surface area contributed by atoms with Gasteiger partial charge in [-0.05, 0) is 49.1 Å². The minimum atomic E-state index is -1.11. The lowest BCUT2D eigenvalue weighted by Gasteiger charge is -2.13. The molecule has 0 aliphatic heterocycles. The van der Waals surface area contributed by atoms with E-state index >= 15 is 0 Å². The molecule has 0 amide bonds.